The molecule has 0 aromatic heterocycles. The molecule has 0 amide bonds. The lowest BCUT2D eigenvalue weighted by Crippen LogP contribution is -2.11. The molecule has 0 saturated carbocycles. The molecule has 9 heavy (non-hydrogen) atoms. The number of hydrogen-bond donors (Lipinski definition) is 1. The smallest absolute Gasteiger partial charge is 0.141 e. The van der Waals surface area contributed by atoms with Crippen molar-refractivity contribution in [2.24, 2.45) is 5.73 Å². The van der Waals surface area contributed by atoms with Gasteiger partial charge in [-0.05, 0) is 0 Å². The third kappa shape index (κ3) is 11.9. The van der Waals surface area contributed by atoms with Crippen molar-refractivity contribution >= 4 is 32.4 Å². The maximum atomic E-state index is 10.5. The van der Waals surface area contributed by atoms with E-state index in [1.807, 2.05) is 0 Å². The van der Waals surface area contributed by atoms with E-state index in [4.69, 9.17) is 5.73 Å². The van der Waals surface area contributed by atoms with Crippen LogP contribution in [-0.4, -0.2) is 23.6 Å². The molecule has 6 heteroatoms. The minimum Gasteiger partial charge on any atom is -0.328 e. The number of rotatable bonds is 3. The summed E-state index contributed by atoms with van der Waals surface area (Å²) in [6, 6.07) is 0. The van der Waals surface area contributed by atoms with Gasteiger partial charge in [-0.25, -0.2) is 4.21 Å². The van der Waals surface area contributed by atoms with E-state index in [-0.39, 0.29) is 19.0 Å². The summed E-state index contributed by atoms with van der Waals surface area (Å²) in [5.74, 6) is 0. The zero-order valence-corrected chi connectivity index (χ0v) is 7.48. The molecule has 0 aromatic rings. The fraction of sp³-hybridized carbons (Fsp3) is 1.00. The first-order valence-corrected chi connectivity index (χ1v) is 4.92. The van der Waals surface area contributed by atoms with Crippen LogP contribution in [0, 0.1) is 0 Å². The normalized spacial score (nSPS) is 15.8. The number of hydrogen-bond acceptors (Lipinski definition) is 4. The molecule has 3 nitrogen and oxygen atoms in total. The Balaban J connectivity index is 0. The van der Waals surface area contributed by atoms with E-state index in [2.05, 4.69) is 15.4 Å². The Bertz CT molecular complexity index is 144. The van der Waals surface area contributed by atoms with Gasteiger partial charge in [-0.15, -0.1) is 12.4 Å². The van der Waals surface area contributed by atoms with E-state index in [1.165, 1.54) is 6.26 Å². The molecule has 0 radical (unpaired) electrons. The lowest BCUT2D eigenvalue weighted by Gasteiger charge is -1.97. The molecule has 58 valence electrons. The predicted molar refractivity (Wildman–Crippen MR) is 43.7 cm³/mol. The quantitative estimate of drug-likeness (QED) is 0.664. The van der Waals surface area contributed by atoms with Crippen molar-refractivity contribution in [3.63, 3.8) is 0 Å². The van der Waals surface area contributed by atoms with Gasteiger partial charge in [-0.2, -0.15) is 0 Å². The fourth-order valence-corrected chi connectivity index (χ4v) is 0.803. The predicted octanol–water partition coefficient (Wildman–Crippen LogP) is -0.325. The van der Waals surface area contributed by atoms with E-state index in [0.29, 0.717) is 6.54 Å². The second kappa shape index (κ2) is 5.37. The standard InChI is InChI=1S/C3H9NO2S2.ClH/c1-8(5,7)6-3-2-4;/h2-4H2,1H3;1H. The van der Waals surface area contributed by atoms with Gasteiger partial charge in [0.2, 0.25) is 0 Å². The van der Waals surface area contributed by atoms with Crippen molar-refractivity contribution in [1.29, 1.82) is 0 Å². The molecular formula is C3H10ClNO2S2. The summed E-state index contributed by atoms with van der Waals surface area (Å²) < 4.78 is 15.1. The van der Waals surface area contributed by atoms with Crippen LogP contribution < -0.4 is 5.73 Å². The first-order valence-electron chi connectivity index (χ1n) is 2.11. The molecule has 0 aliphatic rings. The summed E-state index contributed by atoms with van der Waals surface area (Å²) in [4.78, 5) is 0. The average Bonchev–Trinajstić information content (AvgIpc) is 1.59. The van der Waals surface area contributed by atoms with Crippen molar-refractivity contribution in [2.75, 3.05) is 19.4 Å². The van der Waals surface area contributed by atoms with Crippen LogP contribution in [-0.2, 0) is 24.1 Å². The summed E-state index contributed by atoms with van der Waals surface area (Å²) in [7, 11) is -2.43. The fourth-order valence-electron chi connectivity index (χ4n) is 0.199. The zero-order chi connectivity index (χ0) is 6.62. The minimum atomic E-state index is -2.43. The van der Waals surface area contributed by atoms with E-state index in [1.54, 1.807) is 0 Å². The van der Waals surface area contributed by atoms with E-state index in [0.717, 1.165) is 0 Å². The topological polar surface area (TPSA) is 52.3 Å². The van der Waals surface area contributed by atoms with Gasteiger partial charge in [0.15, 0.2) is 0 Å². The van der Waals surface area contributed by atoms with Gasteiger partial charge in [-0.1, -0.05) is 0 Å². The van der Waals surface area contributed by atoms with Gasteiger partial charge in [0.1, 0.15) is 8.77 Å². The maximum Gasteiger partial charge on any atom is 0.141 e. The highest BCUT2D eigenvalue weighted by molar-refractivity contribution is 8.29. The summed E-state index contributed by atoms with van der Waals surface area (Å²) >= 11 is 4.40. The molecule has 0 saturated heterocycles. The van der Waals surface area contributed by atoms with Crippen LogP contribution in [0.15, 0.2) is 0 Å². The van der Waals surface area contributed by atoms with Gasteiger partial charge in [-0.3, -0.25) is 4.18 Å². The van der Waals surface area contributed by atoms with Crippen LogP contribution in [0.4, 0.5) is 0 Å². The van der Waals surface area contributed by atoms with E-state index in [9.17, 15) is 4.21 Å². The third-order valence-electron chi connectivity index (χ3n) is 0.415. The van der Waals surface area contributed by atoms with Crippen molar-refractivity contribution in [3.8, 4) is 0 Å². The highest BCUT2D eigenvalue weighted by Gasteiger charge is 1.92. The highest BCUT2D eigenvalue weighted by atomic mass is 35.5. The Morgan fingerprint density at radius 1 is 1.78 bits per heavy atom. The van der Waals surface area contributed by atoms with Gasteiger partial charge in [0.25, 0.3) is 0 Å². The summed E-state index contributed by atoms with van der Waals surface area (Å²) in [6.07, 6.45) is 1.36. The summed E-state index contributed by atoms with van der Waals surface area (Å²) in [5, 5.41) is 0. The van der Waals surface area contributed by atoms with Gasteiger partial charge in [0.05, 0.1) is 6.61 Å². The molecule has 0 aromatic carbocycles. The molecule has 1 atom stereocenters. The SMILES string of the molecule is CS(=O)(=S)OCCN.Cl. The monoisotopic (exact) mass is 191 g/mol. The summed E-state index contributed by atoms with van der Waals surface area (Å²) in [6.45, 7) is 0.639. The zero-order valence-electron chi connectivity index (χ0n) is 5.03. The van der Waals surface area contributed by atoms with Crippen molar-refractivity contribution in [3.05, 3.63) is 0 Å². The van der Waals surface area contributed by atoms with Crippen LogP contribution in [0.5, 0.6) is 0 Å². The Morgan fingerprint density at radius 2 is 2.22 bits per heavy atom. The van der Waals surface area contributed by atoms with Gasteiger partial charge < -0.3 is 5.73 Å². The van der Waals surface area contributed by atoms with Crippen LogP contribution in [0.2, 0.25) is 0 Å². The van der Waals surface area contributed by atoms with Crippen LogP contribution >= 0.6 is 12.4 Å². The summed E-state index contributed by atoms with van der Waals surface area (Å²) in [5.41, 5.74) is 5.04. The second-order valence-electron chi connectivity index (χ2n) is 1.31. The first kappa shape index (κ1) is 12.3. The Morgan fingerprint density at radius 3 is 2.33 bits per heavy atom. The van der Waals surface area contributed by atoms with Crippen molar-refractivity contribution in [1.82, 2.24) is 0 Å². The molecule has 2 N–H and O–H groups in total. The van der Waals surface area contributed by atoms with Gasteiger partial charge in [0, 0.05) is 24.0 Å². The molecule has 0 bridgehead atoms. The van der Waals surface area contributed by atoms with Gasteiger partial charge >= 0.3 is 0 Å². The molecule has 0 heterocycles. The van der Waals surface area contributed by atoms with Crippen LogP contribution in [0.1, 0.15) is 0 Å². The molecule has 1 unspecified atom stereocenters. The average molecular weight is 192 g/mol. The molecular weight excluding hydrogens is 182 g/mol. The molecule has 0 spiro atoms. The number of nitrogens with two attached hydrogens (primary N) is 1. The molecule has 0 fully saturated rings. The maximum absolute atomic E-state index is 10.5. The van der Waals surface area contributed by atoms with Crippen molar-refractivity contribution in [2.45, 2.75) is 0 Å². The second-order valence-corrected chi connectivity index (χ2v) is 4.78. The molecule has 0 aliphatic heterocycles. The highest BCUT2D eigenvalue weighted by Crippen LogP contribution is 1.83. The van der Waals surface area contributed by atoms with Crippen molar-refractivity contribution < 1.29 is 8.39 Å². The number of halogens is 1. The Hall–Kier alpha value is 0.580. The van der Waals surface area contributed by atoms with Crippen LogP contribution in [0.3, 0.4) is 0 Å². The molecule has 0 rings (SSSR count). The minimum absolute atomic E-state index is 0. The third-order valence-corrected chi connectivity index (χ3v) is 1.30. The molecule has 0 aliphatic carbocycles. The first-order chi connectivity index (χ1) is 3.56. The Kier molecular flexibility index (Phi) is 7.33. The lowest BCUT2D eigenvalue weighted by molar-refractivity contribution is 0.360. The van der Waals surface area contributed by atoms with E-state index >= 15 is 0 Å². The Labute approximate surface area is 66.2 Å². The van der Waals surface area contributed by atoms with E-state index < -0.39 is 8.77 Å². The lowest BCUT2D eigenvalue weighted by atomic mass is 10.8. The van der Waals surface area contributed by atoms with Crippen LogP contribution in [0.25, 0.3) is 0 Å². The largest absolute Gasteiger partial charge is 0.328 e.